The minimum atomic E-state index is -5.12. The third kappa shape index (κ3) is 123. The number of hydrogen-bond donors (Lipinski definition) is 3. The Hall–Kier alpha value is 1.29. The molecule has 0 unspecified atom stereocenters. The Kier molecular flexibility index (Phi) is 12.2. The van der Waals surface area contributed by atoms with Gasteiger partial charge in [0, 0.05) is 34.4 Å². The first kappa shape index (κ1) is 15.7. The van der Waals surface area contributed by atoms with Gasteiger partial charge in [-0.2, -0.15) is 0 Å². The Morgan fingerprint density at radius 3 is 1.14 bits per heavy atom. The van der Waals surface area contributed by atoms with Crippen molar-refractivity contribution in [2.45, 2.75) is 0 Å². The van der Waals surface area contributed by atoms with E-state index in [4.69, 9.17) is 16.0 Å². The minimum absolute atomic E-state index is 0. The van der Waals surface area contributed by atoms with Crippen molar-refractivity contribution in [3.8, 4) is 0 Å². The third-order valence-electron chi connectivity index (χ3n) is 0. The number of hydrogen-bond acceptors (Lipinski definition) is 1. The van der Waals surface area contributed by atoms with E-state index < -0.39 is 14.5 Å². The van der Waals surface area contributed by atoms with E-state index in [1.54, 1.807) is 0 Å². The largest absolute Gasteiger partial charge is 0 e. The molecular formula is H3AsCrCuO4. The molecule has 0 aliphatic heterocycles. The van der Waals surface area contributed by atoms with E-state index in [9.17, 15) is 0 Å². The predicted molar refractivity (Wildman–Crippen MR) is 13.1 cm³/mol. The summed E-state index contributed by atoms with van der Waals surface area (Å²) in [5.41, 5.74) is 0. The van der Waals surface area contributed by atoms with Gasteiger partial charge in [-0.05, 0) is 0 Å². The van der Waals surface area contributed by atoms with Gasteiger partial charge in [-0.15, -0.1) is 0 Å². The molecule has 0 rings (SSSR count). The van der Waals surface area contributed by atoms with Crippen LogP contribution in [0.3, 0.4) is 0 Å². The molecular weight excluding hydrogens is 254 g/mol. The molecule has 0 amide bonds. The van der Waals surface area contributed by atoms with Gasteiger partial charge in [0.25, 0.3) is 0 Å². The second-order valence-corrected chi connectivity index (χ2v) is 2.67. The standard InChI is InChI=1S/AsH3O4.Cr.Cu/c2-1(3,4)5;;/h(H3,2,3,4,5);;. The van der Waals surface area contributed by atoms with Gasteiger partial charge in [-0.1, -0.05) is 0 Å². The average molecular weight is 257 g/mol. The maximum absolute atomic E-state index is 8.94. The summed E-state index contributed by atoms with van der Waals surface area (Å²) >= 11 is -5.12. The van der Waals surface area contributed by atoms with Crippen LogP contribution in [0.25, 0.3) is 0 Å². The van der Waals surface area contributed by atoms with Crippen molar-refractivity contribution in [1.82, 2.24) is 0 Å². The van der Waals surface area contributed by atoms with Crippen LogP contribution in [0.15, 0.2) is 0 Å². The molecule has 0 aliphatic rings. The van der Waals surface area contributed by atoms with Crippen LogP contribution in [-0.4, -0.2) is 26.8 Å². The molecule has 0 heterocycles. The van der Waals surface area contributed by atoms with E-state index in [1.807, 2.05) is 0 Å². The maximum Gasteiger partial charge on any atom is 0 e. The summed E-state index contributed by atoms with van der Waals surface area (Å²) in [4.78, 5) is 0. The summed E-state index contributed by atoms with van der Waals surface area (Å²) in [6, 6.07) is 0. The van der Waals surface area contributed by atoms with Crippen LogP contribution in [0.4, 0.5) is 0 Å². The zero-order chi connectivity index (χ0) is 4.50. The van der Waals surface area contributed by atoms with Crippen LogP contribution < -0.4 is 0 Å². The van der Waals surface area contributed by atoms with Crippen molar-refractivity contribution in [2.24, 2.45) is 0 Å². The van der Waals surface area contributed by atoms with Gasteiger partial charge in [0.2, 0.25) is 0 Å². The zero-order valence-corrected chi connectivity index (χ0v) is 7.00. The molecule has 0 aromatic rings. The monoisotopic (exact) mass is 257 g/mol. The minimum Gasteiger partial charge on any atom is 0 e. The summed E-state index contributed by atoms with van der Waals surface area (Å²) in [5.74, 6) is 0. The maximum atomic E-state index is 8.94. The quantitative estimate of drug-likeness (QED) is 0.432. The van der Waals surface area contributed by atoms with Gasteiger partial charge in [0.15, 0.2) is 0 Å². The molecule has 0 atom stereocenters. The summed E-state index contributed by atoms with van der Waals surface area (Å²) in [6.07, 6.45) is 0. The Bertz CT molecular complexity index is 57.8. The molecule has 4 nitrogen and oxygen atoms in total. The second kappa shape index (κ2) is 5.43. The van der Waals surface area contributed by atoms with Gasteiger partial charge in [0.05, 0.1) is 0 Å². The van der Waals surface area contributed by atoms with Gasteiger partial charge >= 0.3 is 30.5 Å². The fraction of sp³-hybridized carbons (Fsp3) is 0. The second-order valence-electron chi connectivity index (χ2n) is 0.513. The predicted octanol–water partition coefficient (Wildman–Crippen LogP) is -2.18. The molecule has 0 saturated carbocycles. The molecule has 7 heavy (non-hydrogen) atoms. The topological polar surface area (TPSA) is 77.8 Å². The summed E-state index contributed by atoms with van der Waals surface area (Å²) in [5, 5.41) is 0. The summed E-state index contributed by atoms with van der Waals surface area (Å²) in [6.45, 7) is 0. The first-order valence-electron chi connectivity index (χ1n) is 0.783. The Balaban J connectivity index is -0.0000000800. The van der Waals surface area contributed by atoms with Crippen molar-refractivity contribution >= 4 is 14.5 Å². The van der Waals surface area contributed by atoms with E-state index in [0.717, 1.165) is 0 Å². The van der Waals surface area contributed by atoms with Crippen LogP contribution in [0.5, 0.6) is 0 Å². The van der Waals surface area contributed by atoms with Crippen LogP contribution in [0.2, 0.25) is 0 Å². The van der Waals surface area contributed by atoms with E-state index in [0.29, 0.717) is 0 Å². The Morgan fingerprint density at radius 2 is 1.14 bits per heavy atom. The normalized spacial score (nSPS) is 8.43. The van der Waals surface area contributed by atoms with Gasteiger partial charge in [-0.25, -0.2) is 0 Å². The van der Waals surface area contributed by atoms with Gasteiger partial charge in [-0.3, -0.25) is 0 Å². The molecule has 49 valence electrons. The molecule has 3 N–H and O–H groups in total. The molecule has 0 bridgehead atoms. The van der Waals surface area contributed by atoms with Crippen LogP contribution in [-0.2, 0) is 38.2 Å². The van der Waals surface area contributed by atoms with Crippen LogP contribution in [0.1, 0.15) is 0 Å². The Labute approximate surface area is 64.9 Å². The van der Waals surface area contributed by atoms with Crippen molar-refractivity contribution in [3.05, 3.63) is 0 Å². The SMILES string of the molecule is O=[As](O)(O)O.[Cr].[Cu]. The average Bonchev–Trinajstić information content (AvgIpc) is 0.722. The molecule has 0 aliphatic carbocycles. The van der Waals surface area contributed by atoms with E-state index in [1.165, 1.54) is 0 Å². The van der Waals surface area contributed by atoms with Crippen molar-refractivity contribution in [2.75, 3.05) is 0 Å². The smallest absolute Gasteiger partial charge is 0 e. The molecule has 0 aromatic carbocycles. The van der Waals surface area contributed by atoms with E-state index in [2.05, 4.69) is 0 Å². The number of rotatable bonds is 0. The first-order valence-corrected chi connectivity index (χ1v) is 4.07. The summed E-state index contributed by atoms with van der Waals surface area (Å²) in [7, 11) is 0. The van der Waals surface area contributed by atoms with Crippen molar-refractivity contribution in [3.63, 3.8) is 0 Å². The fourth-order valence-corrected chi connectivity index (χ4v) is 0. The van der Waals surface area contributed by atoms with Gasteiger partial charge < -0.3 is 0 Å². The third-order valence-corrected chi connectivity index (χ3v) is 0. The molecule has 0 aromatic heterocycles. The Morgan fingerprint density at radius 1 is 1.14 bits per heavy atom. The summed E-state index contributed by atoms with van der Waals surface area (Å²) < 4.78 is 30.7. The van der Waals surface area contributed by atoms with Crippen molar-refractivity contribution < 1.29 is 50.5 Å². The first-order chi connectivity index (χ1) is 2.00. The zero-order valence-electron chi connectivity index (χ0n) is 2.91. The van der Waals surface area contributed by atoms with Gasteiger partial charge in [0.1, 0.15) is 0 Å². The molecule has 0 spiro atoms. The van der Waals surface area contributed by atoms with Crippen LogP contribution >= 0.6 is 0 Å². The molecule has 1 radical (unpaired) electrons. The van der Waals surface area contributed by atoms with Crippen molar-refractivity contribution in [1.29, 1.82) is 0 Å². The van der Waals surface area contributed by atoms with Crippen LogP contribution in [0, 0.1) is 0 Å². The molecule has 7 heteroatoms. The van der Waals surface area contributed by atoms with E-state index in [-0.39, 0.29) is 34.4 Å². The van der Waals surface area contributed by atoms with E-state index >= 15 is 0 Å². The fourth-order valence-electron chi connectivity index (χ4n) is 0. The molecule has 0 fully saturated rings. The molecule has 0 saturated heterocycles.